The van der Waals surface area contributed by atoms with Crippen LogP contribution in [0.25, 0.3) is 44.5 Å². The molecule has 0 atom stereocenters. The van der Waals surface area contributed by atoms with Gasteiger partial charge in [-0.25, -0.2) is 8.42 Å². The second-order valence-electron chi connectivity index (χ2n) is 9.96. The number of sulfone groups is 1. The maximum absolute atomic E-state index is 14.8. The fraction of sp³-hybridized carbons (Fsp3) is 0.0270. The molecule has 0 aliphatic heterocycles. The van der Waals surface area contributed by atoms with Crippen molar-refractivity contribution in [3.8, 4) is 50.3 Å². The summed E-state index contributed by atoms with van der Waals surface area (Å²) in [4.78, 5) is 0.248. The highest BCUT2D eigenvalue weighted by molar-refractivity contribution is 7.91. The topological polar surface area (TPSA) is 54.4 Å². The average Bonchev–Trinajstić information content (AvgIpc) is 3.02. The van der Waals surface area contributed by atoms with Crippen molar-refractivity contribution in [3.63, 3.8) is 0 Å². The maximum atomic E-state index is 14.8. The summed E-state index contributed by atoms with van der Waals surface area (Å²) in [5.74, 6) is -0.0772. The van der Waals surface area contributed by atoms with E-state index in [1.165, 1.54) is 0 Å². The first-order chi connectivity index (χ1) is 20.0. The molecule has 0 saturated heterocycles. The molecular formula is C37H28O3S. The molecule has 3 nitrogen and oxygen atoms in total. The third-order valence-electron chi connectivity index (χ3n) is 7.28. The Labute approximate surface area is 241 Å². The van der Waals surface area contributed by atoms with Gasteiger partial charge in [0.1, 0.15) is 5.75 Å². The van der Waals surface area contributed by atoms with Crippen LogP contribution in [0.1, 0.15) is 5.56 Å². The van der Waals surface area contributed by atoms with Crippen LogP contribution in [0.3, 0.4) is 0 Å². The molecular weight excluding hydrogens is 524 g/mol. The number of hydrogen-bond donors (Lipinski definition) is 1. The van der Waals surface area contributed by atoms with Crippen LogP contribution in [0, 0.1) is 6.92 Å². The van der Waals surface area contributed by atoms with E-state index in [2.05, 4.69) is 0 Å². The van der Waals surface area contributed by atoms with Gasteiger partial charge in [0.2, 0.25) is 9.84 Å². The highest BCUT2D eigenvalue weighted by Gasteiger charge is 2.34. The van der Waals surface area contributed by atoms with E-state index < -0.39 is 9.84 Å². The zero-order valence-electron chi connectivity index (χ0n) is 22.5. The lowest BCUT2D eigenvalue weighted by Crippen LogP contribution is -2.09. The predicted octanol–water partition coefficient (Wildman–Crippen LogP) is 9.20. The first kappa shape index (κ1) is 26.3. The number of phenols is 1. The predicted molar refractivity (Wildman–Crippen MR) is 166 cm³/mol. The van der Waals surface area contributed by atoms with Crippen LogP contribution < -0.4 is 0 Å². The van der Waals surface area contributed by atoms with Gasteiger partial charge in [-0.2, -0.15) is 0 Å². The van der Waals surface area contributed by atoms with Crippen molar-refractivity contribution in [1.29, 1.82) is 0 Å². The van der Waals surface area contributed by atoms with Crippen LogP contribution in [0.2, 0.25) is 0 Å². The van der Waals surface area contributed by atoms with Gasteiger partial charge in [-0.1, -0.05) is 139 Å². The molecule has 0 unspecified atom stereocenters. The fourth-order valence-electron chi connectivity index (χ4n) is 5.35. The summed E-state index contributed by atoms with van der Waals surface area (Å²) in [6.45, 7) is 1.93. The summed E-state index contributed by atoms with van der Waals surface area (Å²) in [6, 6.07) is 45.1. The lowest BCUT2D eigenvalue weighted by Gasteiger charge is -2.25. The molecule has 4 heteroatoms. The molecule has 6 aromatic rings. The summed E-state index contributed by atoms with van der Waals surface area (Å²) in [7, 11) is -4.13. The van der Waals surface area contributed by atoms with Crippen LogP contribution in [0.5, 0.6) is 5.75 Å². The van der Waals surface area contributed by atoms with E-state index in [0.717, 1.165) is 22.3 Å². The van der Waals surface area contributed by atoms with Crippen molar-refractivity contribution in [1.82, 2.24) is 0 Å². The molecule has 0 spiro atoms. The minimum atomic E-state index is -4.13. The van der Waals surface area contributed by atoms with E-state index in [-0.39, 0.29) is 21.1 Å². The van der Waals surface area contributed by atoms with Gasteiger partial charge in [-0.3, -0.25) is 0 Å². The molecule has 0 saturated carbocycles. The van der Waals surface area contributed by atoms with Crippen LogP contribution >= 0.6 is 0 Å². The van der Waals surface area contributed by atoms with Gasteiger partial charge in [0.05, 0.1) is 9.79 Å². The summed E-state index contributed by atoms with van der Waals surface area (Å²) in [5, 5.41) is 12.3. The van der Waals surface area contributed by atoms with Crippen molar-refractivity contribution in [2.75, 3.05) is 0 Å². The lowest BCUT2D eigenvalue weighted by atomic mass is 9.83. The summed E-state index contributed by atoms with van der Waals surface area (Å²) in [5.41, 5.74) is 5.98. The Hall–Kier alpha value is -4.93. The quantitative estimate of drug-likeness (QED) is 0.224. The number of aromatic hydroxyl groups is 1. The van der Waals surface area contributed by atoms with Crippen LogP contribution in [0.4, 0.5) is 0 Å². The van der Waals surface area contributed by atoms with E-state index >= 15 is 0 Å². The van der Waals surface area contributed by atoms with Gasteiger partial charge < -0.3 is 5.11 Å². The summed E-state index contributed by atoms with van der Waals surface area (Å²) in [6.07, 6.45) is 0. The Bertz CT molecular complexity index is 1920. The Morgan fingerprint density at radius 1 is 0.439 bits per heavy atom. The molecule has 0 bridgehead atoms. The Balaban J connectivity index is 1.90. The largest absolute Gasteiger partial charge is 0.507 e. The molecule has 0 fully saturated rings. The molecule has 0 heterocycles. The molecule has 41 heavy (non-hydrogen) atoms. The normalized spacial score (nSPS) is 11.3. The Morgan fingerprint density at radius 3 is 1.24 bits per heavy atom. The zero-order chi connectivity index (χ0) is 28.4. The van der Waals surface area contributed by atoms with Crippen LogP contribution in [-0.4, -0.2) is 13.5 Å². The summed E-state index contributed by atoms with van der Waals surface area (Å²) < 4.78 is 29.6. The van der Waals surface area contributed by atoms with Gasteiger partial charge >= 0.3 is 0 Å². The monoisotopic (exact) mass is 552 g/mol. The van der Waals surface area contributed by atoms with E-state index in [9.17, 15) is 13.5 Å². The van der Waals surface area contributed by atoms with E-state index in [4.69, 9.17) is 0 Å². The Kier molecular flexibility index (Phi) is 7.00. The second-order valence-corrected chi connectivity index (χ2v) is 11.8. The highest BCUT2D eigenvalue weighted by Crippen LogP contribution is 2.54. The summed E-state index contributed by atoms with van der Waals surface area (Å²) >= 11 is 0. The molecule has 6 aromatic carbocycles. The van der Waals surface area contributed by atoms with Gasteiger partial charge in [0, 0.05) is 22.3 Å². The number of aryl methyl sites for hydroxylation is 1. The zero-order valence-corrected chi connectivity index (χ0v) is 23.3. The first-order valence-corrected chi connectivity index (χ1v) is 14.9. The molecule has 1 N–H and O–H groups in total. The third-order valence-corrected chi connectivity index (χ3v) is 9.12. The smallest absolute Gasteiger partial charge is 0.207 e. The minimum Gasteiger partial charge on any atom is -0.507 e. The van der Waals surface area contributed by atoms with Crippen LogP contribution in [0.15, 0.2) is 155 Å². The average molecular weight is 553 g/mol. The van der Waals surface area contributed by atoms with Crippen molar-refractivity contribution in [2.24, 2.45) is 0 Å². The van der Waals surface area contributed by atoms with Crippen molar-refractivity contribution in [2.45, 2.75) is 16.7 Å². The van der Waals surface area contributed by atoms with E-state index in [0.29, 0.717) is 22.3 Å². The van der Waals surface area contributed by atoms with Gasteiger partial charge in [-0.05, 0) is 41.3 Å². The molecule has 6 rings (SSSR count). The fourth-order valence-corrected chi connectivity index (χ4v) is 7.05. The van der Waals surface area contributed by atoms with Gasteiger partial charge in [-0.15, -0.1) is 0 Å². The number of benzene rings is 6. The standard InChI is InChI=1S/C37H28O3S/c1-26-22-24-31(25-23-26)41(39,40)37-34(29-18-10-4-11-19-29)32(27-14-6-2-7-15-27)33(28-16-8-3-9-17-28)36(38)35(37)30-20-12-5-13-21-30/h2-25,38H,1H3. The molecule has 0 amide bonds. The molecule has 0 aliphatic rings. The molecule has 200 valence electrons. The number of phenolic OH excluding ortho intramolecular Hbond substituents is 1. The van der Waals surface area contributed by atoms with E-state index in [1.54, 1.807) is 24.3 Å². The second kappa shape index (κ2) is 10.9. The SMILES string of the molecule is Cc1ccc(S(=O)(=O)c2c(-c3ccccc3)c(O)c(-c3ccccc3)c(-c3ccccc3)c2-c2ccccc2)cc1. The van der Waals surface area contributed by atoms with Gasteiger partial charge in [0.15, 0.2) is 0 Å². The van der Waals surface area contributed by atoms with E-state index in [1.807, 2.05) is 128 Å². The minimum absolute atomic E-state index is 0.0772. The number of hydrogen-bond acceptors (Lipinski definition) is 3. The van der Waals surface area contributed by atoms with Crippen molar-refractivity contribution < 1.29 is 13.5 Å². The van der Waals surface area contributed by atoms with Gasteiger partial charge in [0.25, 0.3) is 0 Å². The molecule has 0 aromatic heterocycles. The molecule has 0 radical (unpaired) electrons. The van der Waals surface area contributed by atoms with Crippen molar-refractivity contribution >= 4 is 9.84 Å². The Morgan fingerprint density at radius 2 is 0.805 bits per heavy atom. The maximum Gasteiger partial charge on any atom is 0.207 e. The highest BCUT2D eigenvalue weighted by atomic mass is 32.2. The molecule has 0 aliphatic carbocycles. The van der Waals surface area contributed by atoms with Crippen molar-refractivity contribution in [3.05, 3.63) is 151 Å². The number of rotatable bonds is 6. The lowest BCUT2D eigenvalue weighted by molar-refractivity contribution is 0.478. The first-order valence-electron chi connectivity index (χ1n) is 13.4. The third kappa shape index (κ3) is 4.83. The van der Waals surface area contributed by atoms with Crippen LogP contribution in [-0.2, 0) is 9.84 Å².